The van der Waals surface area contributed by atoms with Gasteiger partial charge in [0, 0.05) is 37.0 Å². The third kappa shape index (κ3) is 6.34. The lowest BCUT2D eigenvalue weighted by molar-refractivity contribution is -0.138. The minimum absolute atomic E-state index is 0.114. The van der Waals surface area contributed by atoms with Crippen LogP contribution in [-0.2, 0) is 22.6 Å². The summed E-state index contributed by atoms with van der Waals surface area (Å²) in [5, 5.41) is 3.56. The minimum atomic E-state index is -0.657. The number of rotatable bonds is 8. The van der Waals surface area contributed by atoms with Gasteiger partial charge in [-0.15, -0.1) is 0 Å². The zero-order valence-corrected chi connectivity index (χ0v) is 19.3. The molecule has 1 atom stereocenters. The Morgan fingerprint density at radius 1 is 0.875 bits per heavy atom. The maximum atomic E-state index is 13.2. The fraction of sp³-hybridized carbons (Fsp3) is 0.231. The van der Waals surface area contributed by atoms with E-state index in [1.165, 1.54) is 0 Å². The maximum absolute atomic E-state index is 13.2. The van der Waals surface area contributed by atoms with E-state index in [4.69, 9.17) is 11.6 Å². The van der Waals surface area contributed by atoms with E-state index in [-0.39, 0.29) is 18.2 Å². The van der Waals surface area contributed by atoms with Gasteiger partial charge >= 0.3 is 0 Å². The van der Waals surface area contributed by atoms with Crippen molar-refractivity contribution in [2.24, 2.45) is 0 Å². The summed E-state index contributed by atoms with van der Waals surface area (Å²) in [6.45, 7) is 2.07. The Bertz CT molecular complexity index is 1030. The van der Waals surface area contributed by atoms with Gasteiger partial charge in [0.2, 0.25) is 11.8 Å². The fourth-order valence-electron chi connectivity index (χ4n) is 3.33. The standard InChI is InChI=1S/C26H28ClN3O2/c1-19(26(32)28-23-13-15-24(16-14-23)29(2)3)30(18-21-9-11-22(27)12-10-21)25(31)17-20-7-5-4-6-8-20/h4-16,19H,17-18H2,1-3H3,(H,28,32). The molecule has 0 bridgehead atoms. The summed E-state index contributed by atoms with van der Waals surface area (Å²) < 4.78 is 0. The second kappa shape index (κ2) is 10.8. The van der Waals surface area contributed by atoms with Crippen molar-refractivity contribution >= 4 is 34.8 Å². The summed E-state index contributed by atoms with van der Waals surface area (Å²) in [4.78, 5) is 29.9. The van der Waals surface area contributed by atoms with Crippen LogP contribution < -0.4 is 10.2 Å². The minimum Gasteiger partial charge on any atom is -0.378 e. The fourth-order valence-corrected chi connectivity index (χ4v) is 3.46. The lowest BCUT2D eigenvalue weighted by Crippen LogP contribution is -2.45. The lowest BCUT2D eigenvalue weighted by atomic mass is 10.1. The number of nitrogens with zero attached hydrogens (tertiary/aromatic N) is 2. The molecule has 3 rings (SSSR count). The summed E-state index contributed by atoms with van der Waals surface area (Å²) in [6, 6.07) is 23.8. The molecule has 0 saturated carbocycles. The Morgan fingerprint density at radius 2 is 1.50 bits per heavy atom. The zero-order valence-electron chi connectivity index (χ0n) is 18.6. The lowest BCUT2D eigenvalue weighted by Gasteiger charge is -2.29. The van der Waals surface area contributed by atoms with Crippen molar-refractivity contribution in [1.29, 1.82) is 0 Å². The summed E-state index contributed by atoms with van der Waals surface area (Å²) in [5.41, 5.74) is 3.55. The van der Waals surface area contributed by atoms with Gasteiger partial charge in [-0.3, -0.25) is 9.59 Å². The zero-order chi connectivity index (χ0) is 23.1. The average Bonchev–Trinajstić information content (AvgIpc) is 2.79. The quantitative estimate of drug-likeness (QED) is 0.526. The normalized spacial score (nSPS) is 11.5. The Hall–Kier alpha value is -3.31. The van der Waals surface area contributed by atoms with E-state index >= 15 is 0 Å². The maximum Gasteiger partial charge on any atom is 0.246 e. The second-order valence-corrected chi connectivity index (χ2v) is 8.35. The number of nitrogens with one attached hydrogen (secondary N) is 1. The van der Waals surface area contributed by atoms with Crippen LogP contribution in [0.2, 0.25) is 5.02 Å². The van der Waals surface area contributed by atoms with Crippen LogP contribution in [0.15, 0.2) is 78.9 Å². The molecule has 5 nitrogen and oxygen atoms in total. The van der Waals surface area contributed by atoms with E-state index in [1.807, 2.05) is 85.7 Å². The molecule has 166 valence electrons. The van der Waals surface area contributed by atoms with Gasteiger partial charge in [0.05, 0.1) is 6.42 Å². The van der Waals surface area contributed by atoms with Crippen molar-refractivity contribution in [3.05, 3.63) is 95.0 Å². The summed E-state index contributed by atoms with van der Waals surface area (Å²) >= 11 is 6.00. The molecule has 32 heavy (non-hydrogen) atoms. The highest BCUT2D eigenvalue weighted by atomic mass is 35.5. The molecule has 0 radical (unpaired) electrons. The number of hydrogen-bond acceptors (Lipinski definition) is 3. The van der Waals surface area contributed by atoms with E-state index in [1.54, 1.807) is 24.0 Å². The van der Waals surface area contributed by atoms with Crippen LogP contribution in [0, 0.1) is 0 Å². The van der Waals surface area contributed by atoms with Gasteiger partial charge < -0.3 is 15.1 Å². The number of benzene rings is 3. The molecule has 0 fully saturated rings. The van der Waals surface area contributed by atoms with Crippen LogP contribution in [0.5, 0.6) is 0 Å². The summed E-state index contributed by atoms with van der Waals surface area (Å²) in [7, 11) is 3.92. The van der Waals surface area contributed by atoms with Crippen LogP contribution in [0.1, 0.15) is 18.1 Å². The second-order valence-electron chi connectivity index (χ2n) is 7.92. The third-order valence-corrected chi connectivity index (χ3v) is 5.53. The highest BCUT2D eigenvalue weighted by molar-refractivity contribution is 6.30. The molecule has 0 aliphatic carbocycles. The Labute approximate surface area is 194 Å². The molecule has 0 aliphatic rings. The molecule has 0 aliphatic heterocycles. The van der Waals surface area contributed by atoms with Crippen LogP contribution in [-0.4, -0.2) is 36.9 Å². The average molecular weight is 450 g/mol. The predicted molar refractivity (Wildman–Crippen MR) is 131 cm³/mol. The van der Waals surface area contributed by atoms with Crippen molar-refractivity contribution in [2.45, 2.75) is 25.9 Å². The number of amides is 2. The van der Waals surface area contributed by atoms with Gasteiger partial charge in [0.15, 0.2) is 0 Å². The first-order valence-corrected chi connectivity index (χ1v) is 10.9. The van der Waals surface area contributed by atoms with Crippen molar-refractivity contribution in [2.75, 3.05) is 24.3 Å². The van der Waals surface area contributed by atoms with Gasteiger partial charge in [0.1, 0.15) is 6.04 Å². The molecule has 0 saturated heterocycles. The molecular weight excluding hydrogens is 422 g/mol. The van der Waals surface area contributed by atoms with E-state index in [2.05, 4.69) is 5.32 Å². The van der Waals surface area contributed by atoms with Crippen molar-refractivity contribution < 1.29 is 9.59 Å². The Morgan fingerprint density at radius 3 is 2.09 bits per heavy atom. The molecule has 0 spiro atoms. The molecule has 3 aromatic carbocycles. The van der Waals surface area contributed by atoms with Gasteiger partial charge in [-0.25, -0.2) is 0 Å². The predicted octanol–water partition coefficient (Wildman–Crippen LogP) is 5.00. The van der Waals surface area contributed by atoms with E-state index in [0.717, 1.165) is 16.8 Å². The van der Waals surface area contributed by atoms with Crippen LogP contribution >= 0.6 is 11.6 Å². The monoisotopic (exact) mass is 449 g/mol. The van der Waals surface area contributed by atoms with Gasteiger partial charge in [-0.1, -0.05) is 54.1 Å². The van der Waals surface area contributed by atoms with E-state index in [0.29, 0.717) is 17.3 Å². The first-order chi connectivity index (χ1) is 15.3. The van der Waals surface area contributed by atoms with E-state index in [9.17, 15) is 9.59 Å². The number of halogens is 1. The van der Waals surface area contributed by atoms with Crippen LogP contribution in [0.25, 0.3) is 0 Å². The number of anilines is 2. The highest BCUT2D eigenvalue weighted by Crippen LogP contribution is 2.18. The molecule has 0 heterocycles. The van der Waals surface area contributed by atoms with Crippen LogP contribution in [0.3, 0.4) is 0 Å². The van der Waals surface area contributed by atoms with Crippen LogP contribution in [0.4, 0.5) is 11.4 Å². The molecule has 1 unspecified atom stereocenters. The first kappa shape index (κ1) is 23.4. The molecule has 3 aromatic rings. The summed E-state index contributed by atoms with van der Waals surface area (Å²) in [5.74, 6) is -0.352. The molecule has 1 N–H and O–H groups in total. The van der Waals surface area contributed by atoms with E-state index < -0.39 is 6.04 Å². The van der Waals surface area contributed by atoms with Gasteiger partial charge in [0.25, 0.3) is 0 Å². The van der Waals surface area contributed by atoms with Crippen molar-refractivity contribution in [1.82, 2.24) is 4.90 Å². The molecule has 6 heteroatoms. The smallest absolute Gasteiger partial charge is 0.246 e. The van der Waals surface area contributed by atoms with Crippen molar-refractivity contribution in [3.63, 3.8) is 0 Å². The topological polar surface area (TPSA) is 52.7 Å². The number of carbonyl (C=O) groups excluding carboxylic acids is 2. The Balaban J connectivity index is 1.77. The summed E-state index contributed by atoms with van der Waals surface area (Å²) in [6.07, 6.45) is 0.226. The highest BCUT2D eigenvalue weighted by Gasteiger charge is 2.26. The first-order valence-electron chi connectivity index (χ1n) is 10.5. The van der Waals surface area contributed by atoms with Gasteiger partial charge in [-0.2, -0.15) is 0 Å². The number of carbonyl (C=O) groups is 2. The Kier molecular flexibility index (Phi) is 7.90. The van der Waals surface area contributed by atoms with Crippen molar-refractivity contribution in [3.8, 4) is 0 Å². The molecule has 0 aromatic heterocycles. The SMILES string of the molecule is CC(C(=O)Nc1ccc(N(C)C)cc1)N(Cc1ccc(Cl)cc1)C(=O)Cc1ccccc1. The largest absolute Gasteiger partial charge is 0.378 e. The third-order valence-electron chi connectivity index (χ3n) is 5.28. The molecular formula is C26H28ClN3O2. The number of hydrogen-bond donors (Lipinski definition) is 1. The van der Waals surface area contributed by atoms with Gasteiger partial charge in [-0.05, 0) is 54.4 Å². The molecule has 2 amide bonds.